The van der Waals surface area contributed by atoms with Crippen molar-refractivity contribution in [2.24, 2.45) is 5.41 Å². The number of carbonyl (C=O) groups is 1. The maximum atomic E-state index is 12.0. The van der Waals surface area contributed by atoms with Gasteiger partial charge in [0.1, 0.15) is 0 Å². The highest BCUT2D eigenvalue weighted by molar-refractivity contribution is 5.91. The van der Waals surface area contributed by atoms with E-state index in [4.69, 9.17) is 4.74 Å². The zero-order valence-corrected chi connectivity index (χ0v) is 15.5. The van der Waals surface area contributed by atoms with Crippen molar-refractivity contribution in [1.29, 1.82) is 0 Å². The molecule has 138 valence electrons. The molecule has 1 aliphatic heterocycles. The van der Waals surface area contributed by atoms with Crippen molar-refractivity contribution in [3.8, 4) is 0 Å². The summed E-state index contributed by atoms with van der Waals surface area (Å²) in [5.74, 6) is -0.115. The minimum Gasteiger partial charge on any atom is -0.393 e. The van der Waals surface area contributed by atoms with Gasteiger partial charge in [-0.1, -0.05) is 26.0 Å². The molecule has 0 bridgehead atoms. The molecule has 1 fully saturated rings. The summed E-state index contributed by atoms with van der Waals surface area (Å²) >= 11 is 0. The molecule has 5 heteroatoms. The maximum absolute atomic E-state index is 12.0. The Morgan fingerprint density at radius 3 is 2.56 bits per heavy atom. The van der Waals surface area contributed by atoms with Crippen molar-refractivity contribution < 1.29 is 14.6 Å². The van der Waals surface area contributed by atoms with Crippen LogP contribution in [0.3, 0.4) is 0 Å². The van der Waals surface area contributed by atoms with E-state index in [1.165, 1.54) is 5.69 Å². The Labute approximate surface area is 150 Å². The lowest BCUT2D eigenvalue weighted by molar-refractivity contribution is -0.117. The van der Waals surface area contributed by atoms with Crippen LogP contribution in [0.5, 0.6) is 0 Å². The van der Waals surface area contributed by atoms with Gasteiger partial charge in [-0.2, -0.15) is 0 Å². The number of rotatable bonds is 7. The molecule has 0 radical (unpaired) electrons. The van der Waals surface area contributed by atoms with Gasteiger partial charge in [0.15, 0.2) is 0 Å². The summed E-state index contributed by atoms with van der Waals surface area (Å²) in [6, 6.07) is 8.20. The number of ether oxygens (including phenoxy) is 1. The minimum absolute atomic E-state index is 0.115. The number of amides is 1. The van der Waals surface area contributed by atoms with E-state index in [0.717, 1.165) is 31.9 Å². The standard InChI is InChI=1S/C20H30N2O3/c1-16(23)14-20(2,3)15-21-19(24)9-6-17-4-7-18(8-5-17)22-10-12-25-13-11-22/h4-9,16,23H,10-15H2,1-3H3,(H,21,24). The predicted octanol–water partition coefficient (Wildman–Crippen LogP) is 2.45. The summed E-state index contributed by atoms with van der Waals surface area (Å²) in [5, 5.41) is 12.4. The average molecular weight is 346 g/mol. The highest BCUT2D eigenvalue weighted by Crippen LogP contribution is 2.21. The van der Waals surface area contributed by atoms with Crippen LogP contribution in [0.15, 0.2) is 30.3 Å². The molecule has 1 heterocycles. The molecule has 1 aromatic carbocycles. The second-order valence-corrected chi connectivity index (χ2v) is 7.46. The second-order valence-electron chi connectivity index (χ2n) is 7.46. The first-order valence-corrected chi connectivity index (χ1v) is 8.92. The number of carbonyl (C=O) groups excluding carboxylic acids is 1. The van der Waals surface area contributed by atoms with E-state index in [1.54, 1.807) is 13.0 Å². The van der Waals surface area contributed by atoms with Crippen LogP contribution in [0.25, 0.3) is 6.08 Å². The van der Waals surface area contributed by atoms with Gasteiger partial charge in [-0.05, 0) is 42.5 Å². The van der Waals surface area contributed by atoms with Crippen LogP contribution in [0.1, 0.15) is 32.8 Å². The Bertz CT molecular complexity index is 573. The number of nitrogens with one attached hydrogen (secondary N) is 1. The predicted molar refractivity (Wildman–Crippen MR) is 102 cm³/mol. The van der Waals surface area contributed by atoms with Crippen molar-refractivity contribution in [1.82, 2.24) is 5.32 Å². The van der Waals surface area contributed by atoms with Crippen LogP contribution < -0.4 is 10.2 Å². The zero-order chi connectivity index (χ0) is 18.3. The van der Waals surface area contributed by atoms with Crippen LogP contribution in [0.4, 0.5) is 5.69 Å². The van der Waals surface area contributed by atoms with Gasteiger partial charge < -0.3 is 20.1 Å². The molecular weight excluding hydrogens is 316 g/mol. The van der Waals surface area contributed by atoms with Gasteiger partial charge in [0.25, 0.3) is 0 Å². The maximum Gasteiger partial charge on any atom is 0.244 e. The second kappa shape index (κ2) is 9.02. The van der Waals surface area contributed by atoms with Crippen molar-refractivity contribution >= 4 is 17.7 Å². The Balaban J connectivity index is 1.83. The fraction of sp³-hybridized carbons (Fsp3) is 0.550. The molecule has 1 saturated heterocycles. The molecule has 1 amide bonds. The molecular formula is C20H30N2O3. The summed E-state index contributed by atoms with van der Waals surface area (Å²) in [6.07, 6.45) is 3.66. The SMILES string of the molecule is CC(O)CC(C)(C)CNC(=O)C=Cc1ccc(N2CCOCC2)cc1. The third kappa shape index (κ3) is 6.88. The van der Waals surface area contributed by atoms with Gasteiger partial charge in [0.2, 0.25) is 5.91 Å². The third-order valence-electron chi connectivity index (χ3n) is 4.29. The van der Waals surface area contributed by atoms with E-state index in [0.29, 0.717) is 13.0 Å². The number of aliphatic hydroxyl groups excluding tert-OH is 1. The summed E-state index contributed by atoms with van der Waals surface area (Å²) < 4.78 is 5.37. The lowest BCUT2D eigenvalue weighted by atomic mass is 9.87. The van der Waals surface area contributed by atoms with Crippen LogP contribution >= 0.6 is 0 Å². The highest BCUT2D eigenvalue weighted by Gasteiger charge is 2.20. The number of nitrogens with zero attached hydrogens (tertiary/aromatic N) is 1. The number of anilines is 1. The molecule has 0 aromatic heterocycles. The smallest absolute Gasteiger partial charge is 0.244 e. The Morgan fingerprint density at radius 2 is 1.96 bits per heavy atom. The minimum atomic E-state index is -0.368. The summed E-state index contributed by atoms with van der Waals surface area (Å²) in [4.78, 5) is 14.3. The molecule has 25 heavy (non-hydrogen) atoms. The van der Waals surface area contributed by atoms with E-state index >= 15 is 0 Å². The van der Waals surface area contributed by atoms with Gasteiger partial charge in [-0.25, -0.2) is 0 Å². The number of hydrogen-bond donors (Lipinski definition) is 2. The first kappa shape index (κ1) is 19.5. The van der Waals surface area contributed by atoms with Crippen molar-refractivity contribution in [2.45, 2.75) is 33.3 Å². The van der Waals surface area contributed by atoms with Gasteiger partial charge >= 0.3 is 0 Å². The first-order chi connectivity index (χ1) is 11.9. The summed E-state index contributed by atoms with van der Waals surface area (Å²) in [7, 11) is 0. The third-order valence-corrected chi connectivity index (χ3v) is 4.29. The normalized spacial score (nSPS) is 16.9. The monoisotopic (exact) mass is 346 g/mol. The topological polar surface area (TPSA) is 61.8 Å². The van der Waals surface area contributed by atoms with Crippen molar-refractivity contribution in [2.75, 3.05) is 37.7 Å². The lowest BCUT2D eigenvalue weighted by Crippen LogP contribution is -2.36. The molecule has 2 N–H and O–H groups in total. The molecule has 5 nitrogen and oxygen atoms in total. The van der Waals surface area contributed by atoms with Crippen LogP contribution in [-0.4, -0.2) is 50.0 Å². The largest absolute Gasteiger partial charge is 0.393 e. The first-order valence-electron chi connectivity index (χ1n) is 8.92. The molecule has 1 atom stereocenters. The molecule has 0 saturated carbocycles. The fourth-order valence-corrected chi connectivity index (χ4v) is 3.05. The highest BCUT2D eigenvalue weighted by atomic mass is 16.5. The van der Waals surface area contributed by atoms with E-state index in [9.17, 15) is 9.90 Å². The number of benzene rings is 1. The molecule has 1 unspecified atom stereocenters. The van der Waals surface area contributed by atoms with Gasteiger partial charge in [0.05, 0.1) is 19.3 Å². The Hall–Kier alpha value is -1.85. The molecule has 0 aliphatic carbocycles. The van der Waals surface area contributed by atoms with Crippen molar-refractivity contribution in [3.05, 3.63) is 35.9 Å². The van der Waals surface area contributed by atoms with E-state index in [1.807, 2.05) is 32.1 Å². The van der Waals surface area contributed by atoms with E-state index in [-0.39, 0.29) is 17.4 Å². The average Bonchev–Trinajstić information content (AvgIpc) is 2.58. The quantitative estimate of drug-likeness (QED) is 0.745. The van der Waals surface area contributed by atoms with E-state index in [2.05, 4.69) is 22.3 Å². The Kier molecular flexibility index (Phi) is 7.02. The number of hydrogen-bond acceptors (Lipinski definition) is 4. The fourth-order valence-electron chi connectivity index (χ4n) is 3.05. The number of morpholine rings is 1. The van der Waals surface area contributed by atoms with Gasteiger partial charge in [-0.3, -0.25) is 4.79 Å². The Morgan fingerprint density at radius 1 is 1.32 bits per heavy atom. The molecule has 1 aliphatic rings. The van der Waals surface area contributed by atoms with Crippen LogP contribution in [0.2, 0.25) is 0 Å². The van der Waals surface area contributed by atoms with Crippen LogP contribution in [-0.2, 0) is 9.53 Å². The summed E-state index contributed by atoms with van der Waals surface area (Å²) in [5.41, 5.74) is 2.05. The van der Waals surface area contributed by atoms with Gasteiger partial charge in [0, 0.05) is 31.4 Å². The lowest BCUT2D eigenvalue weighted by Gasteiger charge is -2.28. The number of aliphatic hydroxyl groups is 1. The van der Waals surface area contributed by atoms with E-state index < -0.39 is 0 Å². The summed E-state index contributed by atoms with van der Waals surface area (Å²) in [6.45, 7) is 9.75. The molecule has 2 rings (SSSR count). The van der Waals surface area contributed by atoms with Gasteiger partial charge in [-0.15, -0.1) is 0 Å². The molecule has 1 aromatic rings. The van der Waals surface area contributed by atoms with Crippen molar-refractivity contribution in [3.63, 3.8) is 0 Å². The van der Waals surface area contributed by atoms with Crippen LogP contribution in [0, 0.1) is 5.41 Å². The molecule has 0 spiro atoms. The zero-order valence-electron chi connectivity index (χ0n) is 15.5.